The van der Waals surface area contributed by atoms with Crippen LogP contribution in [0.4, 0.5) is 5.69 Å². The van der Waals surface area contributed by atoms with Crippen LogP contribution < -0.4 is 5.32 Å². The number of hydrogen-bond donors (Lipinski definition) is 1. The molecule has 23 heavy (non-hydrogen) atoms. The first kappa shape index (κ1) is 17.5. The van der Waals surface area contributed by atoms with E-state index in [1.54, 1.807) is 12.1 Å². The van der Waals surface area contributed by atoms with Gasteiger partial charge >= 0.3 is 0 Å². The summed E-state index contributed by atoms with van der Waals surface area (Å²) < 4.78 is 0. The molecule has 1 unspecified atom stereocenters. The molecule has 0 radical (unpaired) electrons. The summed E-state index contributed by atoms with van der Waals surface area (Å²) in [4.78, 5) is 14.4. The van der Waals surface area contributed by atoms with Gasteiger partial charge in [-0.25, -0.2) is 0 Å². The average molecular weight is 331 g/mol. The van der Waals surface area contributed by atoms with Crippen LogP contribution in [0, 0.1) is 0 Å². The number of amides is 1. The molecule has 0 saturated carbocycles. The fraction of sp³-hybridized carbons (Fsp3) is 0.316. The maximum Gasteiger partial charge on any atom is 0.241 e. The van der Waals surface area contributed by atoms with Gasteiger partial charge in [-0.05, 0) is 43.7 Å². The molecule has 122 valence electrons. The van der Waals surface area contributed by atoms with Gasteiger partial charge in [0.25, 0.3) is 0 Å². The van der Waals surface area contributed by atoms with Gasteiger partial charge in [0.05, 0.1) is 16.8 Å². The lowest BCUT2D eigenvalue weighted by Crippen LogP contribution is -2.39. The van der Waals surface area contributed by atoms with Gasteiger partial charge in [0, 0.05) is 6.54 Å². The molecule has 1 amide bonds. The number of carbonyl (C=O) groups is 1. The van der Waals surface area contributed by atoms with Gasteiger partial charge in [-0.3, -0.25) is 9.69 Å². The first-order valence-electron chi connectivity index (χ1n) is 7.84. The third-order valence-electron chi connectivity index (χ3n) is 4.04. The smallest absolute Gasteiger partial charge is 0.241 e. The number of benzene rings is 2. The predicted octanol–water partition coefficient (Wildman–Crippen LogP) is 4.36. The van der Waals surface area contributed by atoms with Gasteiger partial charge in [-0.2, -0.15) is 0 Å². The lowest BCUT2D eigenvalue weighted by molar-refractivity contribution is -0.120. The number of rotatable bonds is 6. The number of halogens is 1. The summed E-state index contributed by atoms with van der Waals surface area (Å²) in [5, 5.41) is 3.43. The zero-order valence-corrected chi connectivity index (χ0v) is 14.6. The molecule has 1 N–H and O–H groups in total. The normalized spacial score (nSPS) is 12.2. The predicted molar refractivity (Wildman–Crippen MR) is 96.8 cm³/mol. The number of carbonyl (C=O) groups excluding carboxylic acids is 1. The van der Waals surface area contributed by atoms with Gasteiger partial charge in [-0.1, -0.05) is 54.9 Å². The molecule has 0 aromatic heterocycles. The second-order valence-corrected chi connectivity index (χ2v) is 6.14. The fourth-order valence-electron chi connectivity index (χ4n) is 2.31. The van der Waals surface area contributed by atoms with Crippen molar-refractivity contribution in [3.63, 3.8) is 0 Å². The summed E-state index contributed by atoms with van der Waals surface area (Å²) in [5.74, 6) is -0.0641. The Hall–Kier alpha value is -1.84. The minimum atomic E-state index is -0.253. The molecule has 2 rings (SSSR count). The molecule has 3 nitrogen and oxygen atoms in total. The molecule has 0 fully saturated rings. The van der Waals surface area contributed by atoms with Crippen molar-refractivity contribution < 1.29 is 4.79 Å². The molecule has 0 aliphatic carbocycles. The largest absolute Gasteiger partial charge is 0.323 e. The summed E-state index contributed by atoms with van der Waals surface area (Å²) >= 11 is 6.08. The number of nitrogens with one attached hydrogen (secondary N) is 1. The molecule has 0 bridgehead atoms. The molecule has 0 saturated heterocycles. The van der Waals surface area contributed by atoms with Crippen molar-refractivity contribution in [2.75, 3.05) is 12.4 Å². The van der Waals surface area contributed by atoms with Crippen LogP contribution in [-0.4, -0.2) is 23.9 Å². The van der Waals surface area contributed by atoms with Gasteiger partial charge in [0.2, 0.25) is 5.91 Å². The molecular formula is C19H23ClN2O. The van der Waals surface area contributed by atoms with Crippen molar-refractivity contribution in [1.82, 2.24) is 4.90 Å². The molecule has 0 spiro atoms. The first-order valence-corrected chi connectivity index (χ1v) is 8.22. The highest BCUT2D eigenvalue weighted by Crippen LogP contribution is 2.21. The fourth-order valence-corrected chi connectivity index (χ4v) is 2.49. The average Bonchev–Trinajstić information content (AvgIpc) is 2.56. The van der Waals surface area contributed by atoms with Gasteiger partial charge in [0.1, 0.15) is 0 Å². The number of hydrogen-bond acceptors (Lipinski definition) is 2. The number of anilines is 1. The van der Waals surface area contributed by atoms with E-state index in [9.17, 15) is 4.79 Å². The summed E-state index contributed by atoms with van der Waals surface area (Å²) in [7, 11) is 1.95. The molecule has 0 aliphatic rings. The number of aryl methyl sites for hydroxylation is 1. The minimum absolute atomic E-state index is 0.0641. The summed E-state index contributed by atoms with van der Waals surface area (Å²) in [6.07, 6.45) is 1.03. The molecule has 2 aromatic carbocycles. The van der Waals surface area contributed by atoms with Gasteiger partial charge in [0.15, 0.2) is 0 Å². The Balaban J connectivity index is 1.96. The lowest BCUT2D eigenvalue weighted by Gasteiger charge is -2.24. The zero-order chi connectivity index (χ0) is 16.8. The first-order chi connectivity index (χ1) is 11.0. The molecule has 0 aliphatic heterocycles. The minimum Gasteiger partial charge on any atom is -0.323 e. The van der Waals surface area contributed by atoms with Crippen LogP contribution in [0.3, 0.4) is 0 Å². The van der Waals surface area contributed by atoms with Crippen LogP contribution in [0.5, 0.6) is 0 Å². The maximum absolute atomic E-state index is 12.4. The highest BCUT2D eigenvalue weighted by molar-refractivity contribution is 6.33. The monoisotopic (exact) mass is 330 g/mol. The molecule has 1 atom stereocenters. The molecular weight excluding hydrogens is 308 g/mol. The second-order valence-electron chi connectivity index (χ2n) is 5.73. The summed E-state index contributed by atoms with van der Waals surface area (Å²) in [6, 6.07) is 15.5. The van der Waals surface area contributed by atoms with E-state index in [2.05, 4.69) is 36.5 Å². The molecule has 2 aromatic rings. The van der Waals surface area contributed by atoms with E-state index in [0.29, 0.717) is 10.7 Å². The SMILES string of the molecule is CCc1ccc(CN(C)C(C)C(=O)Nc2ccccc2Cl)cc1. The maximum atomic E-state index is 12.4. The van der Waals surface area contributed by atoms with E-state index in [1.807, 2.05) is 31.0 Å². The zero-order valence-electron chi connectivity index (χ0n) is 13.8. The number of nitrogens with zero attached hydrogens (tertiary/aromatic N) is 1. The van der Waals surface area contributed by atoms with Crippen LogP contribution in [0.25, 0.3) is 0 Å². The van der Waals surface area contributed by atoms with Crippen LogP contribution in [0.2, 0.25) is 5.02 Å². The Kier molecular flexibility index (Phi) is 6.20. The van der Waals surface area contributed by atoms with Crippen molar-refractivity contribution in [2.45, 2.75) is 32.9 Å². The van der Waals surface area contributed by atoms with E-state index in [4.69, 9.17) is 11.6 Å². The molecule has 0 heterocycles. The number of para-hydroxylation sites is 1. The van der Waals surface area contributed by atoms with Crippen LogP contribution in [-0.2, 0) is 17.8 Å². The Morgan fingerprint density at radius 3 is 2.35 bits per heavy atom. The number of likely N-dealkylation sites (N-methyl/N-ethyl adjacent to an activating group) is 1. The highest BCUT2D eigenvalue weighted by atomic mass is 35.5. The van der Waals surface area contributed by atoms with E-state index in [1.165, 1.54) is 11.1 Å². The quantitative estimate of drug-likeness (QED) is 0.853. The van der Waals surface area contributed by atoms with E-state index in [-0.39, 0.29) is 11.9 Å². The third-order valence-corrected chi connectivity index (χ3v) is 4.37. The van der Waals surface area contributed by atoms with Crippen molar-refractivity contribution in [2.24, 2.45) is 0 Å². The van der Waals surface area contributed by atoms with Crippen molar-refractivity contribution in [3.8, 4) is 0 Å². The second kappa shape index (κ2) is 8.14. The lowest BCUT2D eigenvalue weighted by atomic mass is 10.1. The van der Waals surface area contributed by atoms with E-state index < -0.39 is 0 Å². The van der Waals surface area contributed by atoms with Crippen molar-refractivity contribution >= 4 is 23.2 Å². The third kappa shape index (κ3) is 4.81. The van der Waals surface area contributed by atoms with E-state index in [0.717, 1.165) is 13.0 Å². The molecule has 4 heteroatoms. The van der Waals surface area contributed by atoms with Crippen LogP contribution in [0.1, 0.15) is 25.0 Å². The Morgan fingerprint density at radius 1 is 1.13 bits per heavy atom. The Labute approximate surface area is 143 Å². The summed E-state index contributed by atoms with van der Waals surface area (Å²) in [5.41, 5.74) is 3.16. The topological polar surface area (TPSA) is 32.3 Å². The standard InChI is InChI=1S/C19H23ClN2O/c1-4-15-9-11-16(12-10-15)13-22(3)14(2)19(23)21-18-8-6-5-7-17(18)20/h5-12,14H,4,13H2,1-3H3,(H,21,23). The van der Waals surface area contributed by atoms with Crippen molar-refractivity contribution in [1.29, 1.82) is 0 Å². The van der Waals surface area contributed by atoms with Crippen LogP contribution >= 0.6 is 11.6 Å². The van der Waals surface area contributed by atoms with Crippen LogP contribution in [0.15, 0.2) is 48.5 Å². The highest BCUT2D eigenvalue weighted by Gasteiger charge is 2.19. The van der Waals surface area contributed by atoms with Crippen molar-refractivity contribution in [3.05, 3.63) is 64.7 Å². The van der Waals surface area contributed by atoms with Gasteiger partial charge in [-0.15, -0.1) is 0 Å². The Morgan fingerprint density at radius 2 is 1.74 bits per heavy atom. The summed E-state index contributed by atoms with van der Waals surface area (Å²) in [6.45, 7) is 4.76. The Bertz CT molecular complexity index is 655. The van der Waals surface area contributed by atoms with E-state index >= 15 is 0 Å². The van der Waals surface area contributed by atoms with Gasteiger partial charge < -0.3 is 5.32 Å².